The number of nitro groups is 1. The van der Waals surface area contributed by atoms with Gasteiger partial charge in [-0.2, -0.15) is 0 Å². The molecule has 1 atom stereocenters. The van der Waals surface area contributed by atoms with Gasteiger partial charge in [0, 0.05) is 23.0 Å². The van der Waals surface area contributed by atoms with E-state index >= 15 is 0 Å². The lowest BCUT2D eigenvalue weighted by Gasteiger charge is -2.08. The van der Waals surface area contributed by atoms with Crippen LogP contribution in [0, 0.1) is 10.1 Å². The van der Waals surface area contributed by atoms with Crippen LogP contribution in [0.15, 0.2) is 18.2 Å². The van der Waals surface area contributed by atoms with Crippen LogP contribution in [0.25, 0.3) is 0 Å². The molecule has 0 saturated heterocycles. The van der Waals surface area contributed by atoms with Crippen LogP contribution in [0.1, 0.15) is 11.7 Å². The van der Waals surface area contributed by atoms with Crippen LogP contribution in [0.3, 0.4) is 0 Å². The Hall–Kier alpha value is -1.14. The summed E-state index contributed by atoms with van der Waals surface area (Å²) in [5, 5.41) is 29.3. The SMILES string of the molecule is O=[N+]([O-])c1ccc(O)c(C(O)CBr)c1. The average Bonchev–Trinajstić information content (AvgIpc) is 2.17. The smallest absolute Gasteiger partial charge is 0.270 e. The van der Waals surface area contributed by atoms with Crippen molar-refractivity contribution in [3.05, 3.63) is 33.9 Å². The zero-order valence-electron chi connectivity index (χ0n) is 7.05. The summed E-state index contributed by atoms with van der Waals surface area (Å²) < 4.78 is 0. The lowest BCUT2D eigenvalue weighted by molar-refractivity contribution is -0.385. The molecule has 0 aliphatic heterocycles. The fraction of sp³-hybridized carbons (Fsp3) is 0.250. The Kier molecular flexibility index (Phi) is 3.43. The van der Waals surface area contributed by atoms with E-state index in [1.54, 1.807) is 0 Å². The molecular formula is C8H8BrNO4. The van der Waals surface area contributed by atoms with Gasteiger partial charge in [-0.15, -0.1) is 0 Å². The number of non-ortho nitro benzene ring substituents is 1. The van der Waals surface area contributed by atoms with Gasteiger partial charge in [0.1, 0.15) is 5.75 Å². The fourth-order valence-electron chi connectivity index (χ4n) is 1.01. The van der Waals surface area contributed by atoms with Gasteiger partial charge in [-0.3, -0.25) is 10.1 Å². The third kappa shape index (κ3) is 2.21. The first-order valence-corrected chi connectivity index (χ1v) is 4.89. The van der Waals surface area contributed by atoms with Gasteiger partial charge in [0.05, 0.1) is 11.0 Å². The van der Waals surface area contributed by atoms with Gasteiger partial charge in [0.25, 0.3) is 5.69 Å². The van der Waals surface area contributed by atoms with E-state index in [0.717, 1.165) is 6.07 Å². The first kappa shape index (κ1) is 10.9. The molecule has 0 aromatic heterocycles. The number of nitro benzene ring substituents is 1. The van der Waals surface area contributed by atoms with E-state index in [9.17, 15) is 20.3 Å². The second kappa shape index (κ2) is 4.39. The number of alkyl halides is 1. The summed E-state index contributed by atoms with van der Waals surface area (Å²) in [6.07, 6.45) is -0.949. The Labute approximate surface area is 88.3 Å². The zero-order valence-corrected chi connectivity index (χ0v) is 8.64. The summed E-state index contributed by atoms with van der Waals surface area (Å²) in [4.78, 5) is 9.83. The number of benzene rings is 1. The van der Waals surface area contributed by atoms with Crippen LogP contribution in [0.4, 0.5) is 5.69 Å². The predicted molar refractivity (Wildman–Crippen MR) is 53.5 cm³/mol. The highest BCUT2D eigenvalue weighted by Gasteiger charge is 2.15. The third-order valence-electron chi connectivity index (χ3n) is 1.73. The monoisotopic (exact) mass is 261 g/mol. The predicted octanol–water partition coefficient (Wildman–Crippen LogP) is 1.73. The first-order chi connectivity index (χ1) is 6.56. The number of hydrogen-bond acceptors (Lipinski definition) is 4. The van der Waals surface area contributed by atoms with Crippen molar-refractivity contribution in [1.29, 1.82) is 0 Å². The molecule has 1 aromatic carbocycles. The van der Waals surface area contributed by atoms with Crippen molar-refractivity contribution in [1.82, 2.24) is 0 Å². The highest BCUT2D eigenvalue weighted by Crippen LogP contribution is 2.29. The second-order valence-electron chi connectivity index (χ2n) is 2.67. The van der Waals surface area contributed by atoms with Gasteiger partial charge in [-0.25, -0.2) is 0 Å². The molecule has 0 saturated carbocycles. The Morgan fingerprint density at radius 3 is 2.71 bits per heavy atom. The minimum atomic E-state index is -0.949. The molecule has 14 heavy (non-hydrogen) atoms. The van der Waals surface area contributed by atoms with Gasteiger partial charge in [-0.05, 0) is 6.07 Å². The number of hydrogen-bond donors (Lipinski definition) is 2. The summed E-state index contributed by atoms with van der Waals surface area (Å²) in [5.41, 5.74) is -0.00567. The molecular weight excluding hydrogens is 254 g/mol. The molecule has 0 aliphatic carbocycles. The lowest BCUT2D eigenvalue weighted by Crippen LogP contribution is -2.00. The van der Waals surface area contributed by atoms with E-state index in [4.69, 9.17) is 0 Å². The van der Waals surface area contributed by atoms with Crippen molar-refractivity contribution < 1.29 is 15.1 Å². The third-order valence-corrected chi connectivity index (χ3v) is 2.34. The zero-order chi connectivity index (χ0) is 10.7. The molecule has 0 fully saturated rings. The maximum atomic E-state index is 10.4. The van der Waals surface area contributed by atoms with E-state index in [0.29, 0.717) is 0 Å². The van der Waals surface area contributed by atoms with Crippen molar-refractivity contribution in [2.45, 2.75) is 6.10 Å². The molecule has 0 bridgehead atoms. The largest absolute Gasteiger partial charge is 0.508 e. The quantitative estimate of drug-likeness (QED) is 0.493. The summed E-state index contributed by atoms with van der Waals surface area (Å²) in [5.74, 6) is -0.150. The van der Waals surface area contributed by atoms with Crippen LogP contribution in [0.2, 0.25) is 0 Å². The number of nitrogens with zero attached hydrogens (tertiary/aromatic N) is 1. The van der Waals surface area contributed by atoms with Crippen LogP contribution in [-0.4, -0.2) is 20.5 Å². The van der Waals surface area contributed by atoms with Crippen LogP contribution in [0.5, 0.6) is 5.75 Å². The average molecular weight is 262 g/mol. The molecule has 0 amide bonds. The Bertz CT molecular complexity index is 355. The van der Waals surface area contributed by atoms with Crippen LogP contribution < -0.4 is 0 Å². The van der Waals surface area contributed by atoms with E-state index in [-0.39, 0.29) is 22.3 Å². The summed E-state index contributed by atoms with van der Waals surface area (Å²) in [6.45, 7) is 0. The minimum absolute atomic E-state index is 0.149. The van der Waals surface area contributed by atoms with E-state index in [2.05, 4.69) is 15.9 Å². The number of phenols is 1. The van der Waals surface area contributed by atoms with Gasteiger partial charge in [-0.1, -0.05) is 15.9 Å². The van der Waals surface area contributed by atoms with Gasteiger partial charge in [0.2, 0.25) is 0 Å². The molecule has 5 nitrogen and oxygen atoms in total. The Balaban J connectivity index is 3.14. The minimum Gasteiger partial charge on any atom is -0.508 e. The molecule has 6 heteroatoms. The molecule has 1 rings (SSSR count). The highest BCUT2D eigenvalue weighted by molar-refractivity contribution is 9.09. The van der Waals surface area contributed by atoms with E-state index in [1.165, 1.54) is 12.1 Å². The van der Waals surface area contributed by atoms with Crippen molar-refractivity contribution in [2.24, 2.45) is 0 Å². The Morgan fingerprint density at radius 2 is 2.21 bits per heavy atom. The number of aliphatic hydroxyl groups excluding tert-OH is 1. The molecule has 0 heterocycles. The van der Waals surface area contributed by atoms with Crippen molar-refractivity contribution in [3.63, 3.8) is 0 Å². The number of aliphatic hydroxyl groups is 1. The van der Waals surface area contributed by atoms with Crippen molar-refractivity contribution in [3.8, 4) is 5.75 Å². The maximum absolute atomic E-state index is 10.4. The van der Waals surface area contributed by atoms with Crippen LogP contribution in [-0.2, 0) is 0 Å². The standard InChI is InChI=1S/C8H8BrNO4/c9-4-8(12)6-3-5(10(13)14)1-2-7(6)11/h1-3,8,11-12H,4H2. The molecule has 2 N–H and O–H groups in total. The van der Waals surface area contributed by atoms with Gasteiger partial charge >= 0.3 is 0 Å². The molecule has 0 radical (unpaired) electrons. The number of halogens is 1. The lowest BCUT2D eigenvalue weighted by atomic mass is 10.1. The summed E-state index contributed by atoms with van der Waals surface area (Å²) in [7, 11) is 0. The fourth-order valence-corrected chi connectivity index (χ4v) is 1.35. The molecule has 1 aromatic rings. The number of rotatable bonds is 3. The highest BCUT2D eigenvalue weighted by atomic mass is 79.9. The van der Waals surface area contributed by atoms with E-state index in [1.807, 2.05) is 0 Å². The molecule has 0 spiro atoms. The first-order valence-electron chi connectivity index (χ1n) is 3.77. The van der Waals surface area contributed by atoms with E-state index < -0.39 is 11.0 Å². The van der Waals surface area contributed by atoms with Crippen molar-refractivity contribution in [2.75, 3.05) is 5.33 Å². The summed E-state index contributed by atoms with van der Waals surface area (Å²) in [6, 6.07) is 3.53. The van der Waals surface area contributed by atoms with Gasteiger partial charge in [0.15, 0.2) is 0 Å². The second-order valence-corrected chi connectivity index (χ2v) is 3.32. The topological polar surface area (TPSA) is 83.6 Å². The van der Waals surface area contributed by atoms with Crippen molar-refractivity contribution >= 4 is 21.6 Å². The number of aromatic hydroxyl groups is 1. The molecule has 1 unspecified atom stereocenters. The maximum Gasteiger partial charge on any atom is 0.270 e. The van der Waals surface area contributed by atoms with Crippen LogP contribution >= 0.6 is 15.9 Å². The van der Waals surface area contributed by atoms with Gasteiger partial charge < -0.3 is 10.2 Å². The molecule has 76 valence electrons. The normalized spacial score (nSPS) is 12.4. The summed E-state index contributed by atoms with van der Waals surface area (Å²) >= 11 is 3.02. The Morgan fingerprint density at radius 1 is 1.57 bits per heavy atom. The molecule has 0 aliphatic rings. The number of phenolic OH excluding ortho intramolecular Hbond substituents is 1.